The summed E-state index contributed by atoms with van der Waals surface area (Å²) in [5.74, 6) is -0.441. The Hall–Kier alpha value is -1.66. The van der Waals surface area contributed by atoms with E-state index in [1.165, 1.54) is 12.1 Å². The highest BCUT2D eigenvalue weighted by molar-refractivity contribution is 5.85. The summed E-state index contributed by atoms with van der Waals surface area (Å²) in [6.45, 7) is 1.46. The van der Waals surface area contributed by atoms with E-state index in [4.69, 9.17) is 5.73 Å². The van der Waals surface area contributed by atoms with E-state index in [-0.39, 0.29) is 42.5 Å². The van der Waals surface area contributed by atoms with Crippen molar-refractivity contribution in [3.05, 3.63) is 35.6 Å². The number of carbonyl (C=O) groups is 2. The molecule has 1 saturated heterocycles. The van der Waals surface area contributed by atoms with E-state index in [1.54, 1.807) is 12.1 Å². The molecular formula is C17H25ClFN3O2. The standard InChI is InChI=1S/C17H24FN3O2.ClH/c18-14-5-3-4-13(10-14)11-17(23)21-9-2-1-6-15(21)12-20-16(22)7-8-19;/h3-5,10,15H,1-2,6-9,11-12,19H2,(H,20,22);1H. The normalized spacial score (nSPS) is 17.1. The predicted molar refractivity (Wildman–Crippen MR) is 93.4 cm³/mol. The largest absolute Gasteiger partial charge is 0.354 e. The third-order valence-electron chi connectivity index (χ3n) is 4.10. The van der Waals surface area contributed by atoms with Crippen molar-refractivity contribution in [2.24, 2.45) is 5.73 Å². The topological polar surface area (TPSA) is 75.4 Å². The molecule has 0 aliphatic carbocycles. The number of nitrogens with one attached hydrogen (secondary N) is 1. The molecule has 24 heavy (non-hydrogen) atoms. The third-order valence-corrected chi connectivity index (χ3v) is 4.10. The molecule has 0 spiro atoms. The molecule has 1 aliphatic heterocycles. The van der Waals surface area contributed by atoms with E-state index in [9.17, 15) is 14.0 Å². The van der Waals surface area contributed by atoms with Gasteiger partial charge < -0.3 is 16.0 Å². The lowest BCUT2D eigenvalue weighted by molar-refractivity contribution is -0.134. The molecule has 0 bridgehead atoms. The summed E-state index contributed by atoms with van der Waals surface area (Å²) in [4.78, 5) is 25.9. The quantitative estimate of drug-likeness (QED) is 0.812. The summed E-state index contributed by atoms with van der Waals surface area (Å²) in [7, 11) is 0. The first-order valence-electron chi connectivity index (χ1n) is 8.11. The maximum atomic E-state index is 13.2. The number of amides is 2. The van der Waals surface area contributed by atoms with E-state index in [0.717, 1.165) is 19.3 Å². The Kier molecular flexibility index (Phi) is 8.71. The van der Waals surface area contributed by atoms with Crippen molar-refractivity contribution < 1.29 is 14.0 Å². The number of rotatable bonds is 6. The van der Waals surface area contributed by atoms with Gasteiger partial charge in [0.15, 0.2) is 0 Å². The van der Waals surface area contributed by atoms with Crippen molar-refractivity contribution >= 4 is 24.2 Å². The predicted octanol–water partition coefficient (Wildman–Crippen LogP) is 1.64. The molecule has 2 rings (SSSR count). The second-order valence-corrected chi connectivity index (χ2v) is 5.89. The fourth-order valence-corrected chi connectivity index (χ4v) is 2.92. The highest BCUT2D eigenvalue weighted by atomic mass is 35.5. The van der Waals surface area contributed by atoms with Crippen molar-refractivity contribution in [2.75, 3.05) is 19.6 Å². The Bertz CT molecular complexity index is 556. The number of piperidine rings is 1. The van der Waals surface area contributed by atoms with Crippen molar-refractivity contribution in [2.45, 2.75) is 38.1 Å². The van der Waals surface area contributed by atoms with Crippen LogP contribution in [-0.2, 0) is 16.0 Å². The van der Waals surface area contributed by atoms with Gasteiger partial charge >= 0.3 is 0 Å². The molecule has 134 valence electrons. The second-order valence-electron chi connectivity index (χ2n) is 5.89. The molecule has 3 N–H and O–H groups in total. The zero-order valence-corrected chi connectivity index (χ0v) is 14.5. The van der Waals surface area contributed by atoms with E-state index in [0.29, 0.717) is 31.6 Å². The van der Waals surface area contributed by atoms with Gasteiger partial charge in [0.05, 0.1) is 6.42 Å². The Morgan fingerprint density at radius 1 is 1.33 bits per heavy atom. The lowest BCUT2D eigenvalue weighted by Gasteiger charge is -2.36. The number of nitrogens with zero attached hydrogens (tertiary/aromatic N) is 1. The first kappa shape index (κ1) is 20.4. The highest BCUT2D eigenvalue weighted by Crippen LogP contribution is 2.18. The van der Waals surface area contributed by atoms with E-state index in [2.05, 4.69) is 5.32 Å². The van der Waals surface area contributed by atoms with Crippen molar-refractivity contribution in [1.82, 2.24) is 10.2 Å². The van der Waals surface area contributed by atoms with Gasteiger partial charge in [-0.15, -0.1) is 12.4 Å². The van der Waals surface area contributed by atoms with Crippen LogP contribution < -0.4 is 11.1 Å². The minimum Gasteiger partial charge on any atom is -0.354 e. The number of halogens is 2. The van der Waals surface area contributed by atoms with Crippen LogP contribution in [-0.4, -0.2) is 42.4 Å². The average molecular weight is 358 g/mol. The van der Waals surface area contributed by atoms with Crippen LogP contribution in [0.1, 0.15) is 31.2 Å². The minimum absolute atomic E-state index is 0. The van der Waals surface area contributed by atoms with Gasteiger partial charge in [-0.25, -0.2) is 4.39 Å². The van der Waals surface area contributed by atoms with Gasteiger partial charge in [-0.05, 0) is 37.0 Å². The third kappa shape index (κ3) is 6.09. The van der Waals surface area contributed by atoms with Gasteiger partial charge in [0.25, 0.3) is 0 Å². The van der Waals surface area contributed by atoms with Gasteiger partial charge in [0.2, 0.25) is 11.8 Å². The number of nitrogens with two attached hydrogens (primary N) is 1. The molecule has 5 nitrogen and oxygen atoms in total. The number of hydrogen-bond donors (Lipinski definition) is 2. The van der Waals surface area contributed by atoms with Crippen molar-refractivity contribution in [1.29, 1.82) is 0 Å². The van der Waals surface area contributed by atoms with E-state index in [1.807, 2.05) is 4.90 Å². The summed E-state index contributed by atoms with van der Waals surface area (Å²) in [5.41, 5.74) is 6.03. The Balaban J connectivity index is 0.00000288. The first-order valence-corrected chi connectivity index (χ1v) is 8.11. The number of likely N-dealkylation sites (tertiary alicyclic amines) is 1. The van der Waals surface area contributed by atoms with Crippen LogP contribution in [0.2, 0.25) is 0 Å². The molecule has 0 aromatic heterocycles. The molecule has 1 atom stereocenters. The lowest BCUT2D eigenvalue weighted by Crippen LogP contribution is -2.50. The zero-order chi connectivity index (χ0) is 16.7. The van der Waals surface area contributed by atoms with Crippen LogP contribution in [0, 0.1) is 5.82 Å². The molecule has 1 aromatic rings. The fraction of sp³-hybridized carbons (Fsp3) is 0.529. The lowest BCUT2D eigenvalue weighted by atomic mass is 10.0. The second kappa shape index (κ2) is 10.3. The van der Waals surface area contributed by atoms with Gasteiger partial charge in [0, 0.05) is 32.1 Å². The van der Waals surface area contributed by atoms with Crippen LogP contribution in [0.15, 0.2) is 24.3 Å². The Morgan fingerprint density at radius 2 is 2.12 bits per heavy atom. The zero-order valence-electron chi connectivity index (χ0n) is 13.7. The van der Waals surface area contributed by atoms with Gasteiger partial charge in [-0.3, -0.25) is 9.59 Å². The van der Waals surface area contributed by atoms with E-state index < -0.39 is 0 Å². The minimum atomic E-state index is -0.334. The summed E-state index contributed by atoms with van der Waals surface area (Å²) in [6, 6.07) is 6.12. The van der Waals surface area contributed by atoms with Crippen LogP contribution in [0.25, 0.3) is 0 Å². The molecule has 1 aliphatic rings. The summed E-state index contributed by atoms with van der Waals surface area (Å²) in [5, 5.41) is 2.84. The molecule has 0 radical (unpaired) electrons. The smallest absolute Gasteiger partial charge is 0.227 e. The van der Waals surface area contributed by atoms with Crippen molar-refractivity contribution in [3.8, 4) is 0 Å². The van der Waals surface area contributed by atoms with E-state index >= 15 is 0 Å². The van der Waals surface area contributed by atoms with Crippen molar-refractivity contribution in [3.63, 3.8) is 0 Å². The van der Waals surface area contributed by atoms with Crippen LogP contribution in [0.3, 0.4) is 0 Å². The van der Waals surface area contributed by atoms with Gasteiger partial charge in [-0.1, -0.05) is 12.1 Å². The fourth-order valence-electron chi connectivity index (χ4n) is 2.92. The number of hydrogen-bond acceptors (Lipinski definition) is 3. The molecule has 1 unspecified atom stereocenters. The molecule has 1 heterocycles. The number of benzene rings is 1. The van der Waals surface area contributed by atoms with Crippen LogP contribution >= 0.6 is 12.4 Å². The maximum Gasteiger partial charge on any atom is 0.227 e. The maximum absolute atomic E-state index is 13.2. The average Bonchev–Trinajstić information content (AvgIpc) is 2.53. The van der Waals surface area contributed by atoms with Crippen LogP contribution in [0.4, 0.5) is 4.39 Å². The monoisotopic (exact) mass is 357 g/mol. The summed E-state index contributed by atoms with van der Waals surface area (Å²) in [6.07, 6.45) is 3.36. The van der Waals surface area contributed by atoms with Crippen LogP contribution in [0.5, 0.6) is 0 Å². The highest BCUT2D eigenvalue weighted by Gasteiger charge is 2.26. The molecule has 2 amide bonds. The Labute approximate surface area is 148 Å². The summed E-state index contributed by atoms with van der Waals surface area (Å²) >= 11 is 0. The van der Waals surface area contributed by atoms with Gasteiger partial charge in [0.1, 0.15) is 5.82 Å². The summed E-state index contributed by atoms with van der Waals surface area (Å²) < 4.78 is 13.2. The Morgan fingerprint density at radius 3 is 2.83 bits per heavy atom. The molecule has 1 aromatic carbocycles. The molecular weight excluding hydrogens is 333 g/mol. The SMILES string of the molecule is Cl.NCCC(=O)NCC1CCCCN1C(=O)Cc1cccc(F)c1. The number of carbonyl (C=O) groups excluding carboxylic acids is 2. The molecule has 0 saturated carbocycles. The van der Waals surface area contributed by atoms with Gasteiger partial charge in [-0.2, -0.15) is 0 Å². The molecule has 7 heteroatoms. The first-order chi connectivity index (χ1) is 11.1. The molecule has 1 fully saturated rings.